The number of carbonyl (C=O) groups is 1. The molecule has 0 aliphatic rings. The smallest absolute Gasteiger partial charge is 0.219 e. The van der Waals surface area contributed by atoms with E-state index in [4.69, 9.17) is 11.6 Å². The minimum absolute atomic E-state index is 0.132. The number of hydrogen-bond acceptors (Lipinski definition) is 1. The normalized spacial score (nSPS) is 9.40. The van der Waals surface area contributed by atoms with Crippen LogP contribution < -0.4 is 5.32 Å². The molecule has 0 atom stereocenters. The van der Waals surface area contributed by atoms with E-state index in [9.17, 15) is 4.79 Å². The van der Waals surface area contributed by atoms with Gasteiger partial charge in [0.1, 0.15) is 0 Å². The maximum absolute atomic E-state index is 10.8. The van der Waals surface area contributed by atoms with Gasteiger partial charge in [-0.15, -0.1) is 11.6 Å². The molecule has 0 aromatic heterocycles. The first-order valence-electron chi connectivity index (χ1n) is 3.64. The molecule has 0 saturated carbocycles. The van der Waals surface area contributed by atoms with Crippen molar-refractivity contribution in [2.75, 3.05) is 12.4 Å². The minimum atomic E-state index is 0.132. The van der Waals surface area contributed by atoms with Crippen LogP contribution in [0.15, 0.2) is 0 Å². The molecule has 0 aliphatic carbocycles. The zero-order valence-corrected chi connectivity index (χ0v) is 7.08. The molecule has 1 amide bonds. The van der Waals surface area contributed by atoms with Crippen molar-refractivity contribution in [2.24, 2.45) is 0 Å². The molecular formula is C7H14ClNO. The fourth-order valence-electron chi connectivity index (χ4n) is 0.610. The van der Waals surface area contributed by atoms with Gasteiger partial charge in [-0.25, -0.2) is 0 Å². The quantitative estimate of drug-likeness (QED) is 0.484. The van der Waals surface area contributed by atoms with Crippen molar-refractivity contribution in [1.82, 2.24) is 5.32 Å². The average Bonchev–Trinajstić information content (AvgIpc) is 1.89. The van der Waals surface area contributed by atoms with E-state index in [1.807, 2.05) is 6.92 Å². The Labute approximate surface area is 66.9 Å². The first kappa shape index (κ1) is 9.76. The lowest BCUT2D eigenvalue weighted by Crippen LogP contribution is -2.23. The Hall–Kier alpha value is -0.240. The van der Waals surface area contributed by atoms with E-state index in [2.05, 4.69) is 5.32 Å². The van der Waals surface area contributed by atoms with Gasteiger partial charge in [0, 0.05) is 18.8 Å². The summed E-state index contributed by atoms with van der Waals surface area (Å²) in [6.45, 7) is 2.70. The topological polar surface area (TPSA) is 29.1 Å². The summed E-state index contributed by atoms with van der Waals surface area (Å²) in [7, 11) is 0. The molecule has 0 radical (unpaired) electrons. The van der Waals surface area contributed by atoms with Crippen molar-refractivity contribution >= 4 is 17.5 Å². The second kappa shape index (κ2) is 6.87. The van der Waals surface area contributed by atoms with E-state index in [-0.39, 0.29) is 5.91 Å². The molecule has 0 fully saturated rings. The van der Waals surface area contributed by atoms with Crippen LogP contribution in [0.5, 0.6) is 0 Å². The van der Waals surface area contributed by atoms with Crippen molar-refractivity contribution in [2.45, 2.75) is 26.2 Å². The van der Waals surface area contributed by atoms with E-state index < -0.39 is 0 Å². The standard InChI is InChI=1S/C7H14ClNO/c1-2-4-7(10)9-6-3-5-8/h2-6H2,1H3,(H,9,10). The summed E-state index contributed by atoms with van der Waals surface area (Å²) in [6, 6.07) is 0. The highest BCUT2D eigenvalue weighted by Crippen LogP contribution is 1.86. The summed E-state index contributed by atoms with van der Waals surface area (Å²) in [6.07, 6.45) is 2.39. The van der Waals surface area contributed by atoms with E-state index in [0.29, 0.717) is 18.8 Å². The van der Waals surface area contributed by atoms with Gasteiger partial charge in [-0.2, -0.15) is 0 Å². The molecule has 0 aromatic rings. The summed E-state index contributed by atoms with van der Waals surface area (Å²) >= 11 is 5.41. The fourth-order valence-corrected chi connectivity index (χ4v) is 0.744. The zero-order valence-electron chi connectivity index (χ0n) is 6.32. The van der Waals surface area contributed by atoms with E-state index in [0.717, 1.165) is 12.8 Å². The summed E-state index contributed by atoms with van der Waals surface area (Å²) in [4.78, 5) is 10.8. The molecule has 0 aromatic carbocycles. The first-order chi connectivity index (χ1) is 4.81. The number of nitrogens with one attached hydrogen (secondary N) is 1. The molecule has 0 spiro atoms. The highest BCUT2D eigenvalue weighted by molar-refractivity contribution is 6.17. The lowest BCUT2D eigenvalue weighted by molar-refractivity contribution is -0.121. The van der Waals surface area contributed by atoms with Crippen LogP contribution in [0.25, 0.3) is 0 Å². The third kappa shape index (κ3) is 5.89. The molecule has 1 N–H and O–H groups in total. The molecule has 0 bridgehead atoms. The number of amides is 1. The Balaban J connectivity index is 3.05. The van der Waals surface area contributed by atoms with Gasteiger partial charge in [0.25, 0.3) is 0 Å². The van der Waals surface area contributed by atoms with Crippen LogP contribution in [0, 0.1) is 0 Å². The summed E-state index contributed by atoms with van der Waals surface area (Å²) in [5.41, 5.74) is 0. The summed E-state index contributed by atoms with van der Waals surface area (Å²) < 4.78 is 0. The number of carbonyl (C=O) groups excluding carboxylic acids is 1. The highest BCUT2D eigenvalue weighted by Gasteiger charge is 1.95. The van der Waals surface area contributed by atoms with Crippen LogP contribution in [0.1, 0.15) is 26.2 Å². The monoisotopic (exact) mass is 163 g/mol. The molecule has 10 heavy (non-hydrogen) atoms. The highest BCUT2D eigenvalue weighted by atomic mass is 35.5. The summed E-state index contributed by atoms with van der Waals surface area (Å²) in [5, 5.41) is 2.76. The molecule has 0 heterocycles. The molecule has 0 saturated heterocycles. The SMILES string of the molecule is CCCC(=O)NCCCCl. The molecule has 0 rings (SSSR count). The maximum atomic E-state index is 10.8. The van der Waals surface area contributed by atoms with Crippen LogP contribution in [0.4, 0.5) is 0 Å². The van der Waals surface area contributed by atoms with Gasteiger partial charge in [0.05, 0.1) is 0 Å². The lowest BCUT2D eigenvalue weighted by atomic mass is 10.3. The van der Waals surface area contributed by atoms with Gasteiger partial charge in [-0.05, 0) is 12.8 Å². The Kier molecular flexibility index (Phi) is 6.71. The van der Waals surface area contributed by atoms with E-state index in [1.54, 1.807) is 0 Å². The largest absolute Gasteiger partial charge is 0.356 e. The van der Waals surface area contributed by atoms with Crippen molar-refractivity contribution < 1.29 is 4.79 Å². The Morgan fingerprint density at radius 2 is 2.30 bits per heavy atom. The predicted octanol–water partition coefficient (Wildman–Crippen LogP) is 1.53. The average molecular weight is 164 g/mol. The third-order valence-electron chi connectivity index (χ3n) is 1.11. The second-order valence-electron chi connectivity index (χ2n) is 2.14. The van der Waals surface area contributed by atoms with Crippen LogP contribution in [-0.4, -0.2) is 18.3 Å². The molecular weight excluding hydrogens is 150 g/mol. The summed E-state index contributed by atoms with van der Waals surface area (Å²) in [5.74, 6) is 0.750. The Bertz CT molecular complexity index is 95.6. The van der Waals surface area contributed by atoms with Crippen molar-refractivity contribution in [3.05, 3.63) is 0 Å². The van der Waals surface area contributed by atoms with Gasteiger partial charge in [-0.3, -0.25) is 4.79 Å². The van der Waals surface area contributed by atoms with Crippen LogP contribution >= 0.6 is 11.6 Å². The minimum Gasteiger partial charge on any atom is -0.356 e. The van der Waals surface area contributed by atoms with Crippen LogP contribution in [0.3, 0.4) is 0 Å². The molecule has 0 aliphatic heterocycles. The molecule has 3 heteroatoms. The Morgan fingerprint density at radius 3 is 2.80 bits per heavy atom. The van der Waals surface area contributed by atoms with Gasteiger partial charge in [0.2, 0.25) is 5.91 Å². The van der Waals surface area contributed by atoms with Crippen LogP contribution in [-0.2, 0) is 4.79 Å². The fraction of sp³-hybridized carbons (Fsp3) is 0.857. The second-order valence-corrected chi connectivity index (χ2v) is 2.52. The number of hydrogen-bond donors (Lipinski definition) is 1. The van der Waals surface area contributed by atoms with Gasteiger partial charge >= 0.3 is 0 Å². The maximum Gasteiger partial charge on any atom is 0.219 e. The Morgan fingerprint density at radius 1 is 1.60 bits per heavy atom. The van der Waals surface area contributed by atoms with E-state index >= 15 is 0 Å². The third-order valence-corrected chi connectivity index (χ3v) is 1.38. The molecule has 2 nitrogen and oxygen atoms in total. The van der Waals surface area contributed by atoms with Gasteiger partial charge < -0.3 is 5.32 Å². The van der Waals surface area contributed by atoms with Crippen LogP contribution in [0.2, 0.25) is 0 Å². The number of rotatable bonds is 5. The number of alkyl halides is 1. The van der Waals surface area contributed by atoms with Gasteiger partial charge in [0.15, 0.2) is 0 Å². The lowest BCUT2D eigenvalue weighted by Gasteiger charge is -2.00. The zero-order chi connectivity index (χ0) is 7.82. The molecule has 0 unspecified atom stereocenters. The van der Waals surface area contributed by atoms with E-state index in [1.165, 1.54) is 0 Å². The molecule has 60 valence electrons. The van der Waals surface area contributed by atoms with Crippen molar-refractivity contribution in [1.29, 1.82) is 0 Å². The van der Waals surface area contributed by atoms with Gasteiger partial charge in [-0.1, -0.05) is 6.92 Å². The first-order valence-corrected chi connectivity index (χ1v) is 4.17. The number of halogens is 1. The predicted molar refractivity (Wildman–Crippen MR) is 43.3 cm³/mol. The van der Waals surface area contributed by atoms with Crippen molar-refractivity contribution in [3.8, 4) is 0 Å². The van der Waals surface area contributed by atoms with Crippen molar-refractivity contribution in [3.63, 3.8) is 0 Å².